The standard InChI is InChI=1S/C23H19FN2O3S/c1-26(13-20-6-3-11-28-20)23(27)21-15-30-22(25-21)17-4-2-5-19(12-17)29-14-16-7-9-18(24)10-8-16/h2-12,15H,13-14H2,1H3. The first kappa shape index (κ1) is 19.8. The molecule has 0 spiro atoms. The van der Waals surface area contributed by atoms with Crippen LogP contribution in [0.5, 0.6) is 5.75 Å². The van der Waals surface area contributed by atoms with E-state index in [4.69, 9.17) is 9.15 Å². The molecule has 0 bridgehead atoms. The van der Waals surface area contributed by atoms with Gasteiger partial charge in [-0.3, -0.25) is 4.79 Å². The van der Waals surface area contributed by atoms with Gasteiger partial charge in [-0.25, -0.2) is 9.37 Å². The van der Waals surface area contributed by atoms with E-state index in [1.54, 1.807) is 41.8 Å². The van der Waals surface area contributed by atoms with E-state index in [0.29, 0.717) is 30.4 Å². The molecule has 0 aliphatic heterocycles. The highest BCUT2D eigenvalue weighted by molar-refractivity contribution is 7.13. The average Bonchev–Trinajstić information content (AvgIpc) is 3.45. The van der Waals surface area contributed by atoms with Crippen molar-refractivity contribution in [2.24, 2.45) is 0 Å². The van der Waals surface area contributed by atoms with Gasteiger partial charge in [-0.2, -0.15) is 0 Å². The van der Waals surface area contributed by atoms with E-state index in [1.165, 1.54) is 23.5 Å². The van der Waals surface area contributed by atoms with Gasteiger partial charge in [-0.1, -0.05) is 24.3 Å². The van der Waals surface area contributed by atoms with Crippen molar-refractivity contribution in [1.82, 2.24) is 9.88 Å². The summed E-state index contributed by atoms with van der Waals surface area (Å²) in [6, 6.07) is 17.3. The quantitative estimate of drug-likeness (QED) is 0.401. The van der Waals surface area contributed by atoms with Crippen LogP contribution in [0.3, 0.4) is 0 Å². The van der Waals surface area contributed by atoms with Gasteiger partial charge in [0.05, 0.1) is 12.8 Å². The Hall–Kier alpha value is -3.45. The summed E-state index contributed by atoms with van der Waals surface area (Å²) in [6.45, 7) is 0.717. The summed E-state index contributed by atoms with van der Waals surface area (Å²) in [4.78, 5) is 18.7. The number of aromatic nitrogens is 1. The maximum absolute atomic E-state index is 13.0. The first-order chi connectivity index (χ1) is 14.6. The molecule has 30 heavy (non-hydrogen) atoms. The lowest BCUT2D eigenvalue weighted by Crippen LogP contribution is -2.26. The minimum atomic E-state index is -0.273. The molecular formula is C23H19FN2O3S. The summed E-state index contributed by atoms with van der Waals surface area (Å²) in [5, 5.41) is 2.49. The fraction of sp³-hybridized carbons (Fsp3) is 0.130. The van der Waals surface area contributed by atoms with Crippen molar-refractivity contribution in [2.75, 3.05) is 7.05 Å². The third-order valence-electron chi connectivity index (χ3n) is 4.44. The number of hydrogen-bond acceptors (Lipinski definition) is 5. The number of amides is 1. The van der Waals surface area contributed by atoms with Crippen LogP contribution in [0.2, 0.25) is 0 Å². The lowest BCUT2D eigenvalue weighted by Gasteiger charge is -2.13. The molecule has 0 fully saturated rings. The van der Waals surface area contributed by atoms with Gasteiger partial charge < -0.3 is 14.1 Å². The zero-order valence-electron chi connectivity index (χ0n) is 16.2. The van der Waals surface area contributed by atoms with Crippen molar-refractivity contribution in [3.63, 3.8) is 0 Å². The molecule has 0 aliphatic rings. The molecule has 152 valence electrons. The molecule has 0 atom stereocenters. The van der Waals surface area contributed by atoms with Gasteiger partial charge in [-0.15, -0.1) is 11.3 Å². The molecule has 4 aromatic rings. The third kappa shape index (κ3) is 4.75. The number of halogens is 1. The van der Waals surface area contributed by atoms with Crippen LogP contribution in [0.1, 0.15) is 21.8 Å². The molecule has 0 radical (unpaired) electrons. The van der Waals surface area contributed by atoms with E-state index in [-0.39, 0.29) is 11.7 Å². The van der Waals surface area contributed by atoms with Gasteiger partial charge in [0.1, 0.15) is 34.6 Å². The van der Waals surface area contributed by atoms with Crippen molar-refractivity contribution in [3.05, 3.63) is 95.1 Å². The number of furan rings is 1. The second kappa shape index (κ2) is 8.92. The topological polar surface area (TPSA) is 55.6 Å². The maximum Gasteiger partial charge on any atom is 0.273 e. The van der Waals surface area contributed by atoms with Crippen molar-refractivity contribution < 1.29 is 18.3 Å². The molecule has 2 heterocycles. The second-order valence-corrected chi connectivity index (χ2v) is 7.58. The molecular weight excluding hydrogens is 403 g/mol. The fourth-order valence-electron chi connectivity index (χ4n) is 2.87. The van der Waals surface area contributed by atoms with Crippen LogP contribution in [0.15, 0.2) is 76.7 Å². The number of carbonyl (C=O) groups is 1. The summed E-state index contributed by atoms with van der Waals surface area (Å²) in [5.74, 6) is 0.949. The molecule has 0 aliphatic carbocycles. The number of carbonyl (C=O) groups excluding carboxylic acids is 1. The fourth-order valence-corrected chi connectivity index (χ4v) is 3.67. The van der Waals surface area contributed by atoms with Gasteiger partial charge in [-0.05, 0) is 42.0 Å². The Balaban J connectivity index is 1.43. The number of hydrogen-bond donors (Lipinski definition) is 0. The van der Waals surface area contributed by atoms with E-state index >= 15 is 0 Å². The van der Waals surface area contributed by atoms with Crippen LogP contribution in [0, 0.1) is 5.82 Å². The Labute approximate surface area is 177 Å². The number of benzene rings is 2. The zero-order valence-corrected chi connectivity index (χ0v) is 17.1. The molecule has 0 saturated carbocycles. The number of nitrogens with zero attached hydrogens (tertiary/aromatic N) is 2. The van der Waals surface area contributed by atoms with Crippen LogP contribution in [0.25, 0.3) is 10.6 Å². The predicted molar refractivity (Wildman–Crippen MR) is 113 cm³/mol. The lowest BCUT2D eigenvalue weighted by atomic mass is 10.2. The first-order valence-electron chi connectivity index (χ1n) is 9.29. The Kier molecular flexibility index (Phi) is 5.90. The molecule has 1 amide bonds. The summed E-state index contributed by atoms with van der Waals surface area (Å²) < 4.78 is 24.1. The van der Waals surface area contributed by atoms with E-state index in [2.05, 4.69) is 4.98 Å². The maximum atomic E-state index is 13.0. The van der Waals surface area contributed by atoms with Gasteiger partial charge >= 0.3 is 0 Å². The highest BCUT2D eigenvalue weighted by Crippen LogP contribution is 2.28. The monoisotopic (exact) mass is 422 g/mol. The number of ether oxygens (including phenoxy) is 1. The molecule has 2 aromatic carbocycles. The largest absolute Gasteiger partial charge is 0.489 e. The van der Waals surface area contributed by atoms with Gasteiger partial charge in [0, 0.05) is 18.0 Å². The van der Waals surface area contributed by atoms with Crippen LogP contribution in [0.4, 0.5) is 4.39 Å². The second-order valence-electron chi connectivity index (χ2n) is 6.72. The molecule has 0 unspecified atom stereocenters. The van der Waals surface area contributed by atoms with E-state index in [9.17, 15) is 9.18 Å². The van der Waals surface area contributed by atoms with Crippen LogP contribution in [-0.4, -0.2) is 22.8 Å². The Morgan fingerprint density at radius 2 is 2.00 bits per heavy atom. The lowest BCUT2D eigenvalue weighted by molar-refractivity contribution is 0.0770. The highest BCUT2D eigenvalue weighted by atomic mass is 32.1. The summed E-state index contributed by atoms with van der Waals surface area (Å²) in [7, 11) is 1.72. The van der Waals surface area contributed by atoms with E-state index < -0.39 is 0 Å². The van der Waals surface area contributed by atoms with Gasteiger partial charge in [0.15, 0.2) is 0 Å². The summed E-state index contributed by atoms with van der Waals surface area (Å²) >= 11 is 1.40. The number of rotatable bonds is 7. The first-order valence-corrected chi connectivity index (χ1v) is 10.2. The van der Waals surface area contributed by atoms with E-state index in [1.807, 2.05) is 30.3 Å². The Morgan fingerprint density at radius 1 is 1.17 bits per heavy atom. The van der Waals surface area contributed by atoms with Crippen molar-refractivity contribution >= 4 is 17.2 Å². The molecule has 7 heteroatoms. The summed E-state index contributed by atoms with van der Waals surface area (Å²) in [6.07, 6.45) is 1.58. The van der Waals surface area contributed by atoms with E-state index in [0.717, 1.165) is 16.1 Å². The van der Waals surface area contributed by atoms with Crippen LogP contribution < -0.4 is 4.74 Å². The molecule has 0 N–H and O–H groups in total. The Morgan fingerprint density at radius 3 is 2.77 bits per heavy atom. The van der Waals surface area contributed by atoms with Gasteiger partial charge in [0.2, 0.25) is 0 Å². The predicted octanol–water partition coefficient (Wildman–Crippen LogP) is 5.39. The average molecular weight is 422 g/mol. The minimum absolute atomic E-state index is 0.169. The van der Waals surface area contributed by atoms with Crippen LogP contribution in [-0.2, 0) is 13.2 Å². The third-order valence-corrected chi connectivity index (χ3v) is 5.33. The molecule has 0 saturated heterocycles. The van der Waals surface area contributed by atoms with Crippen molar-refractivity contribution in [2.45, 2.75) is 13.2 Å². The van der Waals surface area contributed by atoms with Crippen LogP contribution >= 0.6 is 11.3 Å². The highest BCUT2D eigenvalue weighted by Gasteiger charge is 2.17. The van der Waals surface area contributed by atoms with Crippen molar-refractivity contribution in [3.8, 4) is 16.3 Å². The molecule has 2 aromatic heterocycles. The number of thiazole rings is 1. The smallest absolute Gasteiger partial charge is 0.273 e. The normalized spacial score (nSPS) is 10.7. The minimum Gasteiger partial charge on any atom is -0.489 e. The SMILES string of the molecule is CN(Cc1ccco1)C(=O)c1csc(-c2cccc(OCc3ccc(F)cc3)c2)n1. The zero-order chi connectivity index (χ0) is 20.9. The molecule has 4 rings (SSSR count). The summed E-state index contributed by atoms with van der Waals surface area (Å²) in [5.41, 5.74) is 2.13. The molecule has 5 nitrogen and oxygen atoms in total. The van der Waals surface area contributed by atoms with Gasteiger partial charge in [0.25, 0.3) is 5.91 Å². The van der Waals surface area contributed by atoms with Crippen molar-refractivity contribution in [1.29, 1.82) is 0 Å². The Bertz CT molecular complexity index is 1120.